The summed E-state index contributed by atoms with van der Waals surface area (Å²) in [6.45, 7) is 2.23. The van der Waals surface area contributed by atoms with Crippen LogP contribution in [-0.4, -0.2) is 35.4 Å². The van der Waals surface area contributed by atoms with Gasteiger partial charge in [-0.05, 0) is 49.6 Å². The molecule has 1 aliphatic heterocycles. The zero-order valence-electron chi connectivity index (χ0n) is 19.9. The van der Waals surface area contributed by atoms with Crippen LogP contribution in [0.3, 0.4) is 0 Å². The molecule has 0 spiro atoms. The number of carbonyl (C=O) groups excluding carboxylic acids is 3. The Balaban J connectivity index is 1.63. The number of barbiturate groups is 1. The molecular formula is C27H26ClN3O5. The van der Waals surface area contributed by atoms with E-state index in [4.69, 9.17) is 21.1 Å². The fourth-order valence-corrected chi connectivity index (χ4v) is 4.76. The maximum atomic E-state index is 13.2. The number of nitriles is 1. The van der Waals surface area contributed by atoms with Gasteiger partial charge < -0.3 is 9.47 Å². The van der Waals surface area contributed by atoms with Gasteiger partial charge in [-0.3, -0.25) is 19.8 Å². The molecular weight excluding hydrogens is 482 g/mol. The summed E-state index contributed by atoms with van der Waals surface area (Å²) in [5.41, 5.74) is 1.49. The lowest BCUT2D eigenvalue weighted by atomic mass is 9.93. The first-order valence-electron chi connectivity index (χ1n) is 11.9. The second-order valence-electron chi connectivity index (χ2n) is 8.60. The van der Waals surface area contributed by atoms with Crippen LogP contribution in [-0.2, 0) is 16.2 Å². The number of nitrogens with zero attached hydrogens (tertiary/aromatic N) is 2. The first-order valence-corrected chi connectivity index (χ1v) is 12.3. The lowest BCUT2D eigenvalue weighted by Gasteiger charge is -2.35. The highest BCUT2D eigenvalue weighted by atomic mass is 35.5. The Morgan fingerprint density at radius 2 is 1.89 bits per heavy atom. The molecule has 1 N–H and O–H groups in total. The standard InChI is InChI=1S/C27H26ClN3O5/c1-2-35-23-14-17(13-22(28)24(23)36-16-19-9-7-6-8-18(19)15-29)12-21-25(32)30-27(34)31(26(21)33)20-10-4-3-5-11-20/h6-9,12-14,20H,2-5,10-11,16H2,1H3,(H,30,32,34)/b21-12+. The molecule has 0 bridgehead atoms. The van der Waals surface area contributed by atoms with Gasteiger partial charge in [0.1, 0.15) is 12.2 Å². The third-order valence-corrected chi connectivity index (χ3v) is 6.51. The Morgan fingerprint density at radius 1 is 1.14 bits per heavy atom. The van der Waals surface area contributed by atoms with E-state index in [1.165, 1.54) is 11.0 Å². The first-order chi connectivity index (χ1) is 17.4. The van der Waals surface area contributed by atoms with Crippen molar-refractivity contribution in [3.8, 4) is 17.6 Å². The van der Waals surface area contributed by atoms with Crippen LogP contribution in [0.15, 0.2) is 42.0 Å². The van der Waals surface area contributed by atoms with Gasteiger partial charge in [0.15, 0.2) is 11.5 Å². The lowest BCUT2D eigenvalue weighted by molar-refractivity contribution is -0.132. The molecule has 1 aliphatic carbocycles. The van der Waals surface area contributed by atoms with Gasteiger partial charge in [-0.2, -0.15) is 5.26 Å². The van der Waals surface area contributed by atoms with E-state index in [2.05, 4.69) is 11.4 Å². The van der Waals surface area contributed by atoms with Crippen LogP contribution in [0.4, 0.5) is 4.79 Å². The molecule has 8 nitrogen and oxygen atoms in total. The molecule has 2 aliphatic rings. The number of nitrogens with one attached hydrogen (secondary N) is 1. The maximum absolute atomic E-state index is 13.2. The van der Waals surface area contributed by atoms with Crippen molar-refractivity contribution in [2.75, 3.05) is 6.61 Å². The fourth-order valence-electron chi connectivity index (χ4n) is 4.49. The van der Waals surface area contributed by atoms with E-state index >= 15 is 0 Å². The van der Waals surface area contributed by atoms with Crippen molar-refractivity contribution >= 4 is 35.5 Å². The normalized spacial score (nSPS) is 17.6. The molecule has 0 aromatic heterocycles. The van der Waals surface area contributed by atoms with Gasteiger partial charge in [0.2, 0.25) is 0 Å². The Kier molecular flexibility index (Phi) is 7.91. The topological polar surface area (TPSA) is 109 Å². The van der Waals surface area contributed by atoms with E-state index in [0.29, 0.717) is 29.0 Å². The van der Waals surface area contributed by atoms with Gasteiger partial charge in [0.05, 0.1) is 23.3 Å². The van der Waals surface area contributed by atoms with E-state index in [-0.39, 0.29) is 29.0 Å². The molecule has 2 aromatic carbocycles. The minimum atomic E-state index is -0.750. The van der Waals surface area contributed by atoms with Crippen molar-refractivity contribution in [2.24, 2.45) is 0 Å². The minimum Gasteiger partial charge on any atom is -0.490 e. The Labute approximate surface area is 214 Å². The SMILES string of the molecule is CCOc1cc(/C=C2\C(=O)NC(=O)N(C3CCCCC3)C2=O)cc(Cl)c1OCc1ccccc1C#N. The summed E-state index contributed by atoms with van der Waals surface area (Å²) in [4.78, 5) is 39.4. The van der Waals surface area contributed by atoms with Crippen LogP contribution in [0.1, 0.15) is 55.7 Å². The number of urea groups is 1. The summed E-state index contributed by atoms with van der Waals surface area (Å²) < 4.78 is 11.6. The predicted octanol–water partition coefficient (Wildman–Crippen LogP) is 4.98. The van der Waals surface area contributed by atoms with Crippen molar-refractivity contribution in [1.82, 2.24) is 10.2 Å². The number of hydrogen-bond donors (Lipinski definition) is 1. The van der Waals surface area contributed by atoms with Gasteiger partial charge in [-0.1, -0.05) is 49.1 Å². The number of imide groups is 2. The molecule has 1 heterocycles. The molecule has 36 heavy (non-hydrogen) atoms. The molecule has 2 fully saturated rings. The molecule has 186 valence electrons. The van der Waals surface area contributed by atoms with Gasteiger partial charge in [0, 0.05) is 11.6 Å². The van der Waals surface area contributed by atoms with Crippen molar-refractivity contribution in [3.63, 3.8) is 0 Å². The highest BCUT2D eigenvalue weighted by molar-refractivity contribution is 6.33. The smallest absolute Gasteiger partial charge is 0.331 e. The summed E-state index contributed by atoms with van der Waals surface area (Å²) in [6.07, 6.45) is 5.79. The van der Waals surface area contributed by atoms with E-state index in [1.807, 2.05) is 6.07 Å². The number of carbonyl (C=O) groups is 3. The summed E-state index contributed by atoms with van der Waals surface area (Å²) in [5.74, 6) is -0.750. The van der Waals surface area contributed by atoms with Crippen molar-refractivity contribution in [2.45, 2.75) is 51.7 Å². The molecule has 2 aromatic rings. The number of benzene rings is 2. The Hall–Kier alpha value is -3.83. The van der Waals surface area contributed by atoms with E-state index in [9.17, 15) is 19.6 Å². The zero-order chi connectivity index (χ0) is 25.7. The van der Waals surface area contributed by atoms with Crippen molar-refractivity contribution < 1.29 is 23.9 Å². The van der Waals surface area contributed by atoms with Gasteiger partial charge in [-0.25, -0.2) is 4.79 Å². The lowest BCUT2D eigenvalue weighted by Crippen LogP contribution is -2.58. The van der Waals surface area contributed by atoms with Gasteiger partial charge in [-0.15, -0.1) is 0 Å². The second-order valence-corrected chi connectivity index (χ2v) is 9.01. The van der Waals surface area contributed by atoms with Crippen molar-refractivity contribution in [3.05, 3.63) is 63.7 Å². The third kappa shape index (κ3) is 5.37. The highest BCUT2D eigenvalue weighted by Crippen LogP contribution is 2.38. The summed E-state index contributed by atoms with van der Waals surface area (Å²) in [6, 6.07) is 11.5. The molecule has 4 rings (SSSR count). The Morgan fingerprint density at radius 3 is 2.61 bits per heavy atom. The van der Waals surface area contributed by atoms with Crippen LogP contribution >= 0.6 is 11.6 Å². The monoisotopic (exact) mass is 507 g/mol. The summed E-state index contributed by atoms with van der Waals surface area (Å²) >= 11 is 6.52. The van der Waals surface area contributed by atoms with Gasteiger partial charge >= 0.3 is 6.03 Å². The molecule has 1 saturated heterocycles. The van der Waals surface area contributed by atoms with E-state index in [0.717, 1.165) is 32.1 Å². The number of amides is 4. The van der Waals surface area contributed by atoms with Crippen LogP contribution < -0.4 is 14.8 Å². The van der Waals surface area contributed by atoms with Crippen LogP contribution in [0, 0.1) is 11.3 Å². The average Bonchev–Trinajstić information content (AvgIpc) is 2.87. The predicted molar refractivity (Wildman–Crippen MR) is 133 cm³/mol. The molecule has 9 heteroatoms. The van der Waals surface area contributed by atoms with E-state index in [1.54, 1.807) is 37.3 Å². The number of ether oxygens (including phenoxy) is 2. The quantitative estimate of drug-likeness (QED) is 0.418. The fraction of sp³-hybridized carbons (Fsp3) is 0.333. The molecule has 0 atom stereocenters. The number of hydrogen-bond acceptors (Lipinski definition) is 6. The third-order valence-electron chi connectivity index (χ3n) is 6.23. The molecule has 1 saturated carbocycles. The minimum absolute atomic E-state index is 0.101. The Bertz CT molecular complexity index is 1260. The first kappa shape index (κ1) is 25.3. The largest absolute Gasteiger partial charge is 0.490 e. The molecule has 4 amide bonds. The zero-order valence-corrected chi connectivity index (χ0v) is 20.6. The van der Waals surface area contributed by atoms with E-state index < -0.39 is 17.8 Å². The number of rotatable bonds is 7. The highest BCUT2D eigenvalue weighted by Gasteiger charge is 2.40. The molecule has 0 unspecified atom stereocenters. The maximum Gasteiger partial charge on any atom is 0.331 e. The second kappa shape index (κ2) is 11.3. The van der Waals surface area contributed by atoms with Crippen LogP contribution in [0.2, 0.25) is 5.02 Å². The van der Waals surface area contributed by atoms with Gasteiger partial charge in [0.25, 0.3) is 11.8 Å². The summed E-state index contributed by atoms with van der Waals surface area (Å²) in [5, 5.41) is 11.8. The van der Waals surface area contributed by atoms with Crippen LogP contribution in [0.5, 0.6) is 11.5 Å². The molecule has 0 radical (unpaired) electrons. The van der Waals surface area contributed by atoms with Crippen LogP contribution in [0.25, 0.3) is 6.08 Å². The number of halogens is 1. The summed E-state index contributed by atoms with van der Waals surface area (Å²) in [7, 11) is 0. The van der Waals surface area contributed by atoms with Crippen molar-refractivity contribution in [1.29, 1.82) is 5.26 Å². The average molecular weight is 508 g/mol.